The maximum absolute atomic E-state index is 12.2. The number of rotatable bonds is 9. The molecule has 32 heavy (non-hydrogen) atoms. The highest BCUT2D eigenvalue weighted by Gasteiger charge is 2.12. The van der Waals surface area contributed by atoms with Gasteiger partial charge in [-0.25, -0.2) is 4.79 Å². The first-order valence-corrected chi connectivity index (χ1v) is 11.0. The van der Waals surface area contributed by atoms with Crippen molar-refractivity contribution in [1.29, 1.82) is 0 Å². The fourth-order valence-corrected chi connectivity index (χ4v) is 3.70. The van der Waals surface area contributed by atoms with Crippen molar-refractivity contribution in [2.75, 3.05) is 51.3 Å². The Morgan fingerprint density at radius 3 is 2.72 bits per heavy atom. The monoisotopic (exact) mass is 438 g/mol. The van der Waals surface area contributed by atoms with E-state index in [0.29, 0.717) is 11.4 Å². The van der Waals surface area contributed by atoms with Gasteiger partial charge < -0.3 is 29.8 Å². The van der Waals surface area contributed by atoms with Gasteiger partial charge >= 0.3 is 6.03 Å². The van der Waals surface area contributed by atoms with Crippen LogP contribution in [-0.4, -0.2) is 72.7 Å². The third-order valence-electron chi connectivity index (χ3n) is 5.47. The molecule has 170 valence electrons. The van der Waals surface area contributed by atoms with Gasteiger partial charge in [0.15, 0.2) is 0 Å². The maximum atomic E-state index is 12.2. The largest absolute Gasteiger partial charge is 0.491 e. The van der Waals surface area contributed by atoms with Crippen molar-refractivity contribution >= 4 is 22.6 Å². The van der Waals surface area contributed by atoms with E-state index >= 15 is 0 Å². The van der Waals surface area contributed by atoms with E-state index in [1.54, 1.807) is 0 Å². The first kappa shape index (κ1) is 22.1. The number of aliphatic hydroxyl groups is 1. The quantitative estimate of drug-likeness (QED) is 0.478. The number of morpholine rings is 1. The summed E-state index contributed by atoms with van der Waals surface area (Å²) in [6.45, 7) is 5.69. The molecule has 0 bridgehead atoms. The summed E-state index contributed by atoms with van der Waals surface area (Å²) >= 11 is 0. The molecule has 1 aliphatic rings. The van der Waals surface area contributed by atoms with Gasteiger partial charge in [0.2, 0.25) is 0 Å². The van der Waals surface area contributed by atoms with Crippen LogP contribution in [0.5, 0.6) is 5.75 Å². The van der Waals surface area contributed by atoms with Gasteiger partial charge in [0.25, 0.3) is 0 Å². The van der Waals surface area contributed by atoms with Crippen molar-refractivity contribution in [1.82, 2.24) is 14.8 Å². The van der Waals surface area contributed by atoms with Crippen LogP contribution in [0.1, 0.15) is 0 Å². The van der Waals surface area contributed by atoms with Crippen LogP contribution in [0.15, 0.2) is 60.8 Å². The van der Waals surface area contributed by atoms with Crippen LogP contribution in [-0.2, 0) is 11.3 Å². The Labute approximate surface area is 187 Å². The third kappa shape index (κ3) is 6.23. The number of fused-ring (bicyclic) bond motifs is 1. The van der Waals surface area contributed by atoms with Gasteiger partial charge in [-0.2, -0.15) is 0 Å². The number of benzene rings is 2. The van der Waals surface area contributed by atoms with Crippen LogP contribution >= 0.6 is 0 Å². The van der Waals surface area contributed by atoms with Gasteiger partial charge in [-0.1, -0.05) is 18.2 Å². The molecule has 0 saturated carbocycles. The second kappa shape index (κ2) is 11.0. The molecule has 1 aliphatic heterocycles. The van der Waals surface area contributed by atoms with Crippen molar-refractivity contribution in [2.24, 2.45) is 0 Å². The predicted octanol–water partition coefficient (Wildman–Crippen LogP) is 2.53. The number of urea groups is 1. The number of hydrogen-bond acceptors (Lipinski definition) is 5. The summed E-state index contributed by atoms with van der Waals surface area (Å²) in [5.74, 6) is 0.682. The number of carbonyl (C=O) groups excluding carboxylic acids is 1. The summed E-state index contributed by atoms with van der Waals surface area (Å²) in [4.78, 5) is 14.6. The zero-order chi connectivity index (χ0) is 22.2. The van der Waals surface area contributed by atoms with E-state index in [4.69, 9.17) is 9.47 Å². The fraction of sp³-hybridized carbons (Fsp3) is 0.375. The molecular weight excluding hydrogens is 408 g/mol. The minimum Gasteiger partial charge on any atom is -0.491 e. The van der Waals surface area contributed by atoms with Gasteiger partial charge in [0.1, 0.15) is 18.5 Å². The molecule has 1 aromatic heterocycles. The molecule has 3 aromatic rings. The van der Waals surface area contributed by atoms with Crippen molar-refractivity contribution in [3.8, 4) is 5.75 Å². The Bertz CT molecular complexity index is 1000. The SMILES string of the molecule is O=C(NCC(O)COc1ccccc1)Nc1ccc2c(ccn2CCN2CCOCC2)c1. The van der Waals surface area contributed by atoms with Crippen LogP contribution < -0.4 is 15.4 Å². The number of hydrogen-bond donors (Lipinski definition) is 3. The number of carbonyl (C=O) groups is 1. The molecule has 8 heteroatoms. The number of nitrogens with one attached hydrogen (secondary N) is 2. The minimum atomic E-state index is -0.802. The molecule has 2 heterocycles. The first-order chi connectivity index (χ1) is 15.7. The van der Waals surface area contributed by atoms with E-state index < -0.39 is 6.10 Å². The average Bonchev–Trinajstić information content (AvgIpc) is 3.23. The lowest BCUT2D eigenvalue weighted by molar-refractivity contribution is 0.0365. The van der Waals surface area contributed by atoms with E-state index in [1.165, 1.54) is 0 Å². The summed E-state index contributed by atoms with van der Waals surface area (Å²) in [5, 5.41) is 16.6. The summed E-state index contributed by atoms with van der Waals surface area (Å²) in [6, 6.07) is 16.8. The normalized spacial score (nSPS) is 15.4. The molecule has 2 amide bonds. The van der Waals surface area contributed by atoms with Gasteiger partial charge in [0, 0.05) is 55.5 Å². The summed E-state index contributed by atoms with van der Waals surface area (Å²) in [5.41, 5.74) is 1.84. The van der Waals surface area contributed by atoms with E-state index in [9.17, 15) is 9.90 Å². The molecule has 3 N–H and O–H groups in total. The topological polar surface area (TPSA) is 88.0 Å². The first-order valence-electron chi connectivity index (χ1n) is 11.0. The Hall–Kier alpha value is -3.07. The molecule has 1 unspecified atom stereocenters. The number of aliphatic hydroxyl groups excluding tert-OH is 1. The summed E-state index contributed by atoms with van der Waals surface area (Å²) in [6.07, 6.45) is 1.28. The van der Waals surface area contributed by atoms with Crippen LogP contribution in [0.3, 0.4) is 0 Å². The number of para-hydroxylation sites is 1. The zero-order valence-corrected chi connectivity index (χ0v) is 18.1. The second-order valence-electron chi connectivity index (χ2n) is 7.85. The lowest BCUT2D eigenvalue weighted by atomic mass is 10.2. The molecule has 0 spiro atoms. The molecule has 0 radical (unpaired) electrons. The lowest BCUT2D eigenvalue weighted by Crippen LogP contribution is -2.38. The number of aromatic nitrogens is 1. The van der Waals surface area contributed by atoms with Crippen LogP contribution in [0.2, 0.25) is 0 Å². The number of anilines is 1. The van der Waals surface area contributed by atoms with E-state index in [-0.39, 0.29) is 19.2 Å². The van der Waals surface area contributed by atoms with Crippen LogP contribution in [0.25, 0.3) is 10.9 Å². The Kier molecular flexibility index (Phi) is 7.60. The molecule has 1 atom stereocenters. The molecule has 0 aliphatic carbocycles. The van der Waals surface area contributed by atoms with Gasteiger partial charge in [0.05, 0.1) is 13.2 Å². The fourth-order valence-electron chi connectivity index (χ4n) is 3.70. The highest BCUT2D eigenvalue weighted by Crippen LogP contribution is 2.21. The van der Waals surface area contributed by atoms with Gasteiger partial charge in [-0.05, 0) is 36.4 Å². The van der Waals surface area contributed by atoms with E-state index in [1.807, 2.05) is 48.5 Å². The highest BCUT2D eigenvalue weighted by molar-refractivity contribution is 5.92. The van der Waals surface area contributed by atoms with Gasteiger partial charge in [-0.15, -0.1) is 0 Å². The smallest absolute Gasteiger partial charge is 0.319 e. The summed E-state index contributed by atoms with van der Waals surface area (Å²) < 4.78 is 13.1. The predicted molar refractivity (Wildman–Crippen MR) is 124 cm³/mol. The van der Waals surface area contributed by atoms with Crippen molar-refractivity contribution < 1.29 is 19.4 Å². The summed E-state index contributed by atoms with van der Waals surface area (Å²) in [7, 11) is 0. The van der Waals surface area contributed by atoms with Crippen LogP contribution in [0, 0.1) is 0 Å². The van der Waals surface area contributed by atoms with E-state index in [2.05, 4.69) is 32.4 Å². The molecule has 4 rings (SSSR count). The number of nitrogens with zero attached hydrogens (tertiary/aromatic N) is 2. The average molecular weight is 439 g/mol. The molecule has 1 saturated heterocycles. The van der Waals surface area contributed by atoms with Crippen molar-refractivity contribution in [3.05, 3.63) is 60.8 Å². The van der Waals surface area contributed by atoms with Gasteiger partial charge in [-0.3, -0.25) is 4.90 Å². The Balaban J connectivity index is 1.23. The molecule has 1 fully saturated rings. The second-order valence-corrected chi connectivity index (χ2v) is 7.85. The molecule has 8 nitrogen and oxygen atoms in total. The highest BCUT2D eigenvalue weighted by atomic mass is 16.5. The Morgan fingerprint density at radius 2 is 1.91 bits per heavy atom. The van der Waals surface area contributed by atoms with Crippen molar-refractivity contribution in [2.45, 2.75) is 12.6 Å². The maximum Gasteiger partial charge on any atom is 0.319 e. The third-order valence-corrected chi connectivity index (χ3v) is 5.47. The van der Waals surface area contributed by atoms with Crippen molar-refractivity contribution in [3.63, 3.8) is 0 Å². The number of ether oxygens (including phenoxy) is 2. The van der Waals surface area contributed by atoms with E-state index in [0.717, 1.165) is 50.3 Å². The minimum absolute atomic E-state index is 0.0961. The Morgan fingerprint density at radius 1 is 1.09 bits per heavy atom. The van der Waals surface area contributed by atoms with Crippen LogP contribution in [0.4, 0.5) is 10.5 Å². The molecule has 2 aromatic carbocycles. The molecular formula is C24H30N4O4. The number of amides is 2. The lowest BCUT2D eigenvalue weighted by Gasteiger charge is -2.26. The standard InChI is InChI=1S/C24H30N4O4/c29-21(18-32-22-4-2-1-3-5-22)17-25-24(30)26-20-6-7-23-19(16-20)8-9-28(23)11-10-27-12-14-31-15-13-27/h1-9,16,21,29H,10-15,17-18H2,(H2,25,26,30). The zero-order valence-electron chi connectivity index (χ0n) is 18.1.